The lowest BCUT2D eigenvalue weighted by atomic mass is 9.87. The van der Waals surface area contributed by atoms with E-state index in [9.17, 15) is 9.18 Å². The average Bonchev–Trinajstić information content (AvgIpc) is 2.49. The first-order valence-electron chi connectivity index (χ1n) is 6.98. The predicted octanol–water partition coefficient (Wildman–Crippen LogP) is 1.62. The minimum Gasteiger partial charge on any atom is -0.368 e. The van der Waals surface area contributed by atoms with E-state index < -0.39 is 17.5 Å². The fourth-order valence-electron chi connectivity index (χ4n) is 2.18. The van der Waals surface area contributed by atoms with Crippen LogP contribution in [-0.2, 0) is 11.2 Å². The molecule has 6 N–H and O–H groups in total. The third kappa shape index (κ3) is 3.50. The number of benzene rings is 2. The molecule has 0 aliphatic carbocycles. The Morgan fingerprint density at radius 3 is 2.00 bits per heavy atom. The summed E-state index contributed by atoms with van der Waals surface area (Å²) < 4.78 is 12.9. The van der Waals surface area contributed by atoms with E-state index in [0.717, 1.165) is 16.7 Å². The molecule has 0 heterocycles. The summed E-state index contributed by atoms with van der Waals surface area (Å²) in [5.74, 6) is -0.894. The molecular weight excluding hydrogens is 281 g/mol. The summed E-state index contributed by atoms with van der Waals surface area (Å²) >= 11 is 0. The van der Waals surface area contributed by atoms with Crippen LogP contribution in [0.5, 0.6) is 0 Å². The molecule has 0 aliphatic rings. The Morgan fingerprint density at radius 1 is 1.09 bits per heavy atom. The van der Waals surface area contributed by atoms with Gasteiger partial charge in [0.05, 0.1) is 6.04 Å². The fourth-order valence-corrected chi connectivity index (χ4v) is 2.18. The molecule has 5 heteroatoms. The van der Waals surface area contributed by atoms with E-state index in [0.29, 0.717) is 6.42 Å². The second-order valence-corrected chi connectivity index (χ2v) is 5.67. The lowest BCUT2D eigenvalue weighted by Gasteiger charge is -2.28. The molecule has 1 amide bonds. The summed E-state index contributed by atoms with van der Waals surface area (Å²) in [4.78, 5) is 11.4. The molecule has 2 aromatic rings. The van der Waals surface area contributed by atoms with Gasteiger partial charge in [-0.15, -0.1) is 0 Å². The Balaban J connectivity index is 2.13. The first-order chi connectivity index (χ1) is 10.3. The van der Waals surface area contributed by atoms with E-state index in [1.807, 2.05) is 24.3 Å². The maximum Gasteiger partial charge on any atom is 0.239 e. The third-order valence-corrected chi connectivity index (χ3v) is 3.84. The highest BCUT2D eigenvalue weighted by Crippen LogP contribution is 2.22. The number of amides is 1. The van der Waals surface area contributed by atoms with E-state index in [2.05, 4.69) is 0 Å². The molecule has 0 radical (unpaired) electrons. The van der Waals surface area contributed by atoms with Gasteiger partial charge in [0.1, 0.15) is 11.4 Å². The number of carbonyl (C=O) groups excluding carboxylic acids is 1. The van der Waals surface area contributed by atoms with Gasteiger partial charge in [-0.25, -0.2) is 4.39 Å². The molecule has 0 spiro atoms. The Bertz CT molecular complexity index is 651. The van der Waals surface area contributed by atoms with Crippen molar-refractivity contribution in [3.8, 4) is 0 Å². The summed E-state index contributed by atoms with van der Waals surface area (Å²) in [6.07, 6.45) is 0.686. The molecule has 22 heavy (non-hydrogen) atoms. The standard InChI is InChI=1S/C17H20FN3O/c1-17(21,16(20)22)15(19)13-6-2-11(3-7-13)10-12-4-8-14(18)9-5-12/h2-9,15H,10,19,21H2,1H3,(H2,20,22). The molecular formula is C17H20FN3O. The van der Waals surface area contributed by atoms with Crippen LogP contribution in [0.2, 0.25) is 0 Å². The number of halogens is 1. The van der Waals surface area contributed by atoms with E-state index in [-0.39, 0.29) is 5.82 Å². The monoisotopic (exact) mass is 301 g/mol. The predicted molar refractivity (Wildman–Crippen MR) is 84.4 cm³/mol. The van der Waals surface area contributed by atoms with Gasteiger partial charge in [-0.3, -0.25) is 4.79 Å². The van der Waals surface area contributed by atoms with Crippen LogP contribution in [-0.4, -0.2) is 11.4 Å². The minimum absolute atomic E-state index is 0.251. The second kappa shape index (κ2) is 6.25. The van der Waals surface area contributed by atoms with E-state index in [1.54, 1.807) is 12.1 Å². The highest BCUT2D eigenvalue weighted by atomic mass is 19.1. The highest BCUT2D eigenvalue weighted by Gasteiger charge is 2.34. The topological polar surface area (TPSA) is 95.1 Å². The van der Waals surface area contributed by atoms with Crippen LogP contribution in [0.25, 0.3) is 0 Å². The van der Waals surface area contributed by atoms with Crippen molar-refractivity contribution in [2.75, 3.05) is 0 Å². The smallest absolute Gasteiger partial charge is 0.239 e. The molecule has 2 aromatic carbocycles. The van der Waals surface area contributed by atoms with Crippen molar-refractivity contribution < 1.29 is 9.18 Å². The number of carbonyl (C=O) groups is 1. The lowest BCUT2D eigenvalue weighted by Crippen LogP contribution is -2.56. The summed E-state index contributed by atoms with van der Waals surface area (Å²) in [6, 6.07) is 13.2. The van der Waals surface area contributed by atoms with Crippen LogP contribution in [0.4, 0.5) is 4.39 Å². The first kappa shape index (κ1) is 16.1. The molecule has 2 atom stereocenters. The van der Waals surface area contributed by atoms with Crippen molar-refractivity contribution in [2.24, 2.45) is 17.2 Å². The Hall–Kier alpha value is -2.24. The molecule has 0 fully saturated rings. The molecule has 2 unspecified atom stereocenters. The Labute approximate surface area is 129 Å². The van der Waals surface area contributed by atoms with Crippen LogP contribution >= 0.6 is 0 Å². The van der Waals surface area contributed by atoms with Gasteiger partial charge in [-0.1, -0.05) is 36.4 Å². The van der Waals surface area contributed by atoms with Gasteiger partial charge in [-0.05, 0) is 42.2 Å². The van der Waals surface area contributed by atoms with E-state index >= 15 is 0 Å². The number of rotatable bonds is 5. The average molecular weight is 301 g/mol. The van der Waals surface area contributed by atoms with Gasteiger partial charge in [0.15, 0.2) is 0 Å². The number of hydrogen-bond donors (Lipinski definition) is 3. The molecule has 116 valence electrons. The van der Waals surface area contributed by atoms with E-state index in [4.69, 9.17) is 17.2 Å². The van der Waals surface area contributed by atoms with Gasteiger partial charge in [0, 0.05) is 0 Å². The van der Waals surface area contributed by atoms with Gasteiger partial charge in [-0.2, -0.15) is 0 Å². The number of nitrogens with two attached hydrogens (primary N) is 3. The van der Waals surface area contributed by atoms with Crippen LogP contribution in [0.15, 0.2) is 48.5 Å². The van der Waals surface area contributed by atoms with Crippen molar-refractivity contribution in [1.82, 2.24) is 0 Å². The largest absolute Gasteiger partial charge is 0.368 e. The van der Waals surface area contributed by atoms with Crippen LogP contribution < -0.4 is 17.2 Å². The maximum atomic E-state index is 12.9. The lowest BCUT2D eigenvalue weighted by molar-refractivity contribution is -0.123. The Kier molecular flexibility index (Phi) is 4.59. The Morgan fingerprint density at radius 2 is 1.55 bits per heavy atom. The number of hydrogen-bond acceptors (Lipinski definition) is 3. The van der Waals surface area contributed by atoms with Gasteiger partial charge < -0.3 is 17.2 Å². The molecule has 0 aliphatic heterocycles. The van der Waals surface area contributed by atoms with Crippen molar-refractivity contribution in [2.45, 2.75) is 24.9 Å². The van der Waals surface area contributed by atoms with Crippen molar-refractivity contribution >= 4 is 5.91 Å². The SMILES string of the molecule is CC(N)(C(N)=O)C(N)c1ccc(Cc2ccc(F)cc2)cc1. The normalized spacial score (nSPS) is 15.1. The quantitative estimate of drug-likeness (QED) is 0.783. The van der Waals surface area contributed by atoms with Gasteiger partial charge >= 0.3 is 0 Å². The number of primary amides is 1. The summed E-state index contributed by atoms with van der Waals surface area (Å²) in [7, 11) is 0. The summed E-state index contributed by atoms with van der Waals surface area (Å²) in [6.45, 7) is 1.52. The van der Waals surface area contributed by atoms with Crippen molar-refractivity contribution in [3.05, 3.63) is 71.0 Å². The summed E-state index contributed by atoms with van der Waals surface area (Å²) in [5, 5.41) is 0. The maximum absolute atomic E-state index is 12.9. The van der Waals surface area contributed by atoms with Gasteiger partial charge in [0.25, 0.3) is 0 Å². The highest BCUT2D eigenvalue weighted by molar-refractivity contribution is 5.85. The molecule has 4 nitrogen and oxygen atoms in total. The molecule has 0 saturated carbocycles. The van der Waals surface area contributed by atoms with Crippen LogP contribution in [0.1, 0.15) is 29.7 Å². The molecule has 2 rings (SSSR count). The first-order valence-corrected chi connectivity index (χ1v) is 6.98. The van der Waals surface area contributed by atoms with Gasteiger partial charge in [0.2, 0.25) is 5.91 Å². The summed E-state index contributed by atoms with van der Waals surface area (Å²) in [5.41, 5.74) is 18.7. The minimum atomic E-state index is -1.31. The third-order valence-electron chi connectivity index (χ3n) is 3.84. The van der Waals surface area contributed by atoms with Crippen LogP contribution in [0, 0.1) is 5.82 Å². The van der Waals surface area contributed by atoms with Crippen molar-refractivity contribution in [1.29, 1.82) is 0 Å². The zero-order valence-electron chi connectivity index (χ0n) is 12.4. The molecule has 0 saturated heterocycles. The molecule has 0 aromatic heterocycles. The second-order valence-electron chi connectivity index (χ2n) is 5.67. The van der Waals surface area contributed by atoms with Crippen LogP contribution in [0.3, 0.4) is 0 Å². The zero-order valence-corrected chi connectivity index (χ0v) is 12.4. The molecule has 0 bridgehead atoms. The zero-order chi connectivity index (χ0) is 16.3. The fraction of sp³-hybridized carbons (Fsp3) is 0.235. The van der Waals surface area contributed by atoms with E-state index in [1.165, 1.54) is 19.1 Å². The van der Waals surface area contributed by atoms with Crippen molar-refractivity contribution in [3.63, 3.8) is 0 Å².